The SMILES string of the molecule is CNC(c1ccn(C)n1)C1CCCCC1C(F)(F)F. The van der Waals surface area contributed by atoms with Crippen LogP contribution in [0.15, 0.2) is 12.3 Å². The molecule has 0 spiro atoms. The predicted octanol–water partition coefficient (Wildman–Crippen LogP) is 3.05. The highest BCUT2D eigenvalue weighted by molar-refractivity contribution is 5.08. The van der Waals surface area contributed by atoms with Crippen molar-refractivity contribution in [3.63, 3.8) is 0 Å². The highest BCUT2D eigenvalue weighted by atomic mass is 19.4. The van der Waals surface area contributed by atoms with Crippen molar-refractivity contribution in [2.45, 2.75) is 37.9 Å². The lowest BCUT2D eigenvalue weighted by Crippen LogP contribution is -2.40. The summed E-state index contributed by atoms with van der Waals surface area (Å²) in [6.07, 6.45) is 0.0209. The van der Waals surface area contributed by atoms with Crippen molar-refractivity contribution in [3.05, 3.63) is 18.0 Å². The molecule has 3 unspecified atom stereocenters. The van der Waals surface area contributed by atoms with E-state index in [1.54, 1.807) is 31.0 Å². The molecule has 1 aromatic heterocycles. The maximum absolute atomic E-state index is 13.2. The lowest BCUT2D eigenvalue weighted by Gasteiger charge is -2.37. The Morgan fingerprint density at radius 2 is 2.05 bits per heavy atom. The summed E-state index contributed by atoms with van der Waals surface area (Å²) >= 11 is 0. The van der Waals surface area contributed by atoms with Crippen molar-refractivity contribution in [2.24, 2.45) is 18.9 Å². The Morgan fingerprint density at radius 3 is 2.58 bits per heavy atom. The lowest BCUT2D eigenvalue weighted by molar-refractivity contribution is -0.199. The highest BCUT2D eigenvalue weighted by Crippen LogP contribution is 2.46. The van der Waals surface area contributed by atoms with Gasteiger partial charge in [-0.3, -0.25) is 4.68 Å². The Bertz CT molecular complexity index is 414. The molecule has 0 amide bonds. The topological polar surface area (TPSA) is 29.9 Å². The monoisotopic (exact) mass is 275 g/mol. The summed E-state index contributed by atoms with van der Waals surface area (Å²) < 4.78 is 41.1. The number of aromatic nitrogens is 2. The fraction of sp³-hybridized carbons (Fsp3) is 0.769. The van der Waals surface area contributed by atoms with Gasteiger partial charge in [-0.2, -0.15) is 18.3 Å². The number of nitrogens with one attached hydrogen (secondary N) is 1. The molecule has 1 aromatic rings. The molecule has 0 bridgehead atoms. The van der Waals surface area contributed by atoms with Crippen molar-refractivity contribution in [2.75, 3.05) is 7.05 Å². The molecular formula is C13H20F3N3. The van der Waals surface area contributed by atoms with Gasteiger partial charge in [-0.15, -0.1) is 0 Å². The van der Waals surface area contributed by atoms with Gasteiger partial charge < -0.3 is 5.32 Å². The van der Waals surface area contributed by atoms with Crippen LogP contribution in [0.2, 0.25) is 0 Å². The fourth-order valence-corrected chi connectivity index (χ4v) is 3.15. The molecule has 3 nitrogen and oxygen atoms in total. The summed E-state index contributed by atoms with van der Waals surface area (Å²) in [7, 11) is 3.49. The molecule has 1 heterocycles. The van der Waals surface area contributed by atoms with Crippen molar-refractivity contribution in [3.8, 4) is 0 Å². The molecule has 1 aliphatic rings. The van der Waals surface area contributed by atoms with E-state index in [2.05, 4.69) is 10.4 Å². The second kappa shape index (κ2) is 5.53. The first kappa shape index (κ1) is 14.4. The first-order chi connectivity index (χ1) is 8.93. The standard InChI is InChI=1S/C13H20F3N3/c1-17-12(11-7-8-19(2)18-11)9-5-3-4-6-10(9)13(14,15)16/h7-10,12,17H,3-6H2,1-2H3. The molecule has 1 aliphatic carbocycles. The van der Waals surface area contributed by atoms with Gasteiger partial charge in [0.1, 0.15) is 0 Å². The zero-order chi connectivity index (χ0) is 14.0. The van der Waals surface area contributed by atoms with Gasteiger partial charge in [0.05, 0.1) is 17.7 Å². The number of hydrogen-bond donors (Lipinski definition) is 1. The molecule has 3 atom stereocenters. The quantitative estimate of drug-likeness (QED) is 0.919. The number of halogens is 3. The molecule has 0 saturated heterocycles. The van der Waals surface area contributed by atoms with Gasteiger partial charge in [-0.05, 0) is 31.9 Å². The van der Waals surface area contributed by atoms with E-state index in [0.717, 1.165) is 6.42 Å². The number of aryl methyl sites for hydroxylation is 1. The first-order valence-electron chi connectivity index (χ1n) is 6.67. The minimum Gasteiger partial charge on any atom is -0.311 e. The molecule has 0 aromatic carbocycles. The van der Waals surface area contributed by atoms with Gasteiger partial charge >= 0.3 is 6.18 Å². The number of nitrogens with zero attached hydrogens (tertiary/aromatic N) is 2. The van der Waals surface area contributed by atoms with Gasteiger partial charge in [0.15, 0.2) is 0 Å². The number of hydrogen-bond acceptors (Lipinski definition) is 2. The number of rotatable bonds is 3. The molecule has 2 rings (SSSR count). The summed E-state index contributed by atoms with van der Waals surface area (Å²) in [5.41, 5.74) is 0.700. The highest BCUT2D eigenvalue weighted by Gasteiger charge is 2.48. The molecule has 1 saturated carbocycles. The van der Waals surface area contributed by atoms with Crippen LogP contribution >= 0.6 is 0 Å². The third-order valence-electron chi connectivity index (χ3n) is 4.03. The zero-order valence-corrected chi connectivity index (χ0v) is 11.2. The van der Waals surface area contributed by atoms with E-state index in [0.29, 0.717) is 18.5 Å². The van der Waals surface area contributed by atoms with E-state index < -0.39 is 18.0 Å². The molecule has 19 heavy (non-hydrogen) atoms. The summed E-state index contributed by atoms with van der Waals surface area (Å²) in [4.78, 5) is 0. The smallest absolute Gasteiger partial charge is 0.311 e. The van der Waals surface area contributed by atoms with Crippen molar-refractivity contribution >= 4 is 0 Å². The second-order valence-electron chi connectivity index (χ2n) is 5.28. The Balaban J connectivity index is 2.24. The third kappa shape index (κ3) is 3.11. The van der Waals surface area contributed by atoms with Crippen LogP contribution in [0.4, 0.5) is 13.2 Å². The van der Waals surface area contributed by atoms with Crippen LogP contribution < -0.4 is 5.32 Å². The maximum Gasteiger partial charge on any atom is 0.392 e. The van der Waals surface area contributed by atoms with Crippen LogP contribution in [-0.4, -0.2) is 23.0 Å². The summed E-state index contributed by atoms with van der Waals surface area (Å²) in [5, 5.41) is 7.29. The van der Waals surface area contributed by atoms with Crippen LogP contribution in [0, 0.1) is 11.8 Å². The summed E-state index contributed by atoms with van der Waals surface area (Å²) in [6.45, 7) is 0. The molecule has 0 aliphatic heterocycles. The van der Waals surface area contributed by atoms with Crippen molar-refractivity contribution < 1.29 is 13.2 Å². The van der Waals surface area contributed by atoms with E-state index in [1.165, 1.54) is 0 Å². The molecule has 1 fully saturated rings. The molecule has 108 valence electrons. The number of alkyl halides is 3. The van der Waals surface area contributed by atoms with Crippen LogP contribution in [0.1, 0.15) is 37.4 Å². The van der Waals surface area contributed by atoms with Crippen LogP contribution in [0.25, 0.3) is 0 Å². The van der Waals surface area contributed by atoms with E-state index in [9.17, 15) is 13.2 Å². The summed E-state index contributed by atoms with van der Waals surface area (Å²) in [6, 6.07) is 1.47. The second-order valence-corrected chi connectivity index (χ2v) is 5.28. The van der Waals surface area contributed by atoms with E-state index in [1.807, 2.05) is 0 Å². The van der Waals surface area contributed by atoms with Crippen molar-refractivity contribution in [1.82, 2.24) is 15.1 Å². The lowest BCUT2D eigenvalue weighted by atomic mass is 9.74. The molecule has 0 radical (unpaired) electrons. The minimum absolute atomic E-state index is 0.235. The van der Waals surface area contributed by atoms with Crippen LogP contribution in [-0.2, 0) is 7.05 Å². The summed E-state index contributed by atoms with van der Waals surface area (Å²) in [5.74, 6) is -1.64. The van der Waals surface area contributed by atoms with Gasteiger partial charge in [-0.25, -0.2) is 0 Å². The normalized spacial score (nSPS) is 26.4. The van der Waals surface area contributed by atoms with E-state index in [-0.39, 0.29) is 12.5 Å². The Kier molecular flexibility index (Phi) is 4.18. The van der Waals surface area contributed by atoms with Gasteiger partial charge in [0, 0.05) is 13.2 Å². The van der Waals surface area contributed by atoms with Crippen molar-refractivity contribution in [1.29, 1.82) is 0 Å². The van der Waals surface area contributed by atoms with E-state index >= 15 is 0 Å². The largest absolute Gasteiger partial charge is 0.392 e. The molecule has 1 N–H and O–H groups in total. The minimum atomic E-state index is -4.12. The Morgan fingerprint density at radius 1 is 1.37 bits per heavy atom. The first-order valence-corrected chi connectivity index (χ1v) is 6.67. The predicted molar refractivity (Wildman–Crippen MR) is 66.5 cm³/mol. The molecule has 6 heteroatoms. The average molecular weight is 275 g/mol. The average Bonchev–Trinajstić information content (AvgIpc) is 2.76. The van der Waals surface area contributed by atoms with Gasteiger partial charge in [-0.1, -0.05) is 12.8 Å². The Hall–Kier alpha value is -1.04. The molecular weight excluding hydrogens is 255 g/mol. The fourth-order valence-electron chi connectivity index (χ4n) is 3.15. The van der Waals surface area contributed by atoms with Gasteiger partial charge in [0.25, 0.3) is 0 Å². The third-order valence-corrected chi connectivity index (χ3v) is 4.03. The zero-order valence-electron chi connectivity index (χ0n) is 11.2. The maximum atomic E-state index is 13.2. The van der Waals surface area contributed by atoms with Crippen LogP contribution in [0.3, 0.4) is 0 Å². The van der Waals surface area contributed by atoms with Gasteiger partial charge in [0.2, 0.25) is 0 Å². The van der Waals surface area contributed by atoms with E-state index in [4.69, 9.17) is 0 Å². The Labute approximate surface area is 111 Å². The van der Waals surface area contributed by atoms with Crippen LogP contribution in [0.5, 0.6) is 0 Å².